The highest BCUT2D eigenvalue weighted by Crippen LogP contribution is 2.70. The highest BCUT2D eigenvalue weighted by atomic mass is 19.1. The third kappa shape index (κ3) is 9.59. The number of rotatable bonds is 10. The van der Waals surface area contributed by atoms with Gasteiger partial charge in [-0.05, 0) is 110 Å². The van der Waals surface area contributed by atoms with Crippen molar-refractivity contribution in [2.45, 2.75) is 165 Å². The van der Waals surface area contributed by atoms with Gasteiger partial charge in [-0.3, -0.25) is 15.4 Å². The van der Waals surface area contributed by atoms with Gasteiger partial charge in [0.1, 0.15) is 66.8 Å². The molecule has 22 atom stereocenters. The summed E-state index contributed by atoms with van der Waals surface area (Å²) in [5.74, 6) is -0.159. The fourth-order valence-corrected chi connectivity index (χ4v) is 14.8. The van der Waals surface area contributed by atoms with E-state index in [0.717, 1.165) is 44.2 Å². The normalized spacial score (nSPS) is 45.1. The lowest BCUT2D eigenvalue weighted by molar-refractivity contribution is -0.363. The van der Waals surface area contributed by atoms with Gasteiger partial charge in [0.2, 0.25) is 0 Å². The Labute approximate surface area is 422 Å². The Balaban J connectivity index is 0.775. The number of aliphatic hydroxyl groups is 5. The monoisotopic (exact) mass is 1030 g/mol. The highest BCUT2D eigenvalue weighted by molar-refractivity contribution is 5.86. The lowest BCUT2D eigenvalue weighted by atomic mass is 9.44. The Morgan fingerprint density at radius 1 is 0.767 bits per heavy atom. The molecular weight excluding hydrogens is 959 g/mol. The molecule has 7 N–H and O–H groups in total. The topological polar surface area (TPSA) is 250 Å². The third-order valence-electron chi connectivity index (χ3n) is 18.5. The largest absolute Gasteiger partial charge is 0.446 e. The number of amides is 2. The predicted octanol–water partition coefficient (Wildman–Crippen LogP) is 5.41. The van der Waals surface area contributed by atoms with Gasteiger partial charge in [0.15, 0.2) is 24.5 Å². The van der Waals surface area contributed by atoms with E-state index in [9.17, 15) is 48.7 Å². The summed E-state index contributed by atoms with van der Waals surface area (Å²) in [7, 11) is 0. The summed E-state index contributed by atoms with van der Waals surface area (Å²) in [5.41, 5.74) is -0.922. The maximum absolute atomic E-state index is 14.7. The second-order valence-electron chi connectivity index (χ2n) is 22.7. The van der Waals surface area contributed by atoms with Crippen molar-refractivity contribution in [1.82, 2.24) is 0 Å². The summed E-state index contributed by atoms with van der Waals surface area (Å²) in [6, 6.07) is 10.4. The van der Waals surface area contributed by atoms with Gasteiger partial charge >= 0.3 is 12.2 Å². The zero-order valence-electron chi connectivity index (χ0n) is 41.6. The molecule has 8 fully saturated rings. The van der Waals surface area contributed by atoms with Gasteiger partial charge in [-0.1, -0.05) is 52.0 Å². The molecule has 10 rings (SSSR count). The van der Waals surface area contributed by atoms with Crippen LogP contribution in [0.1, 0.15) is 85.5 Å². The maximum Gasteiger partial charge on any atom is 0.412 e. The number of carbonyl (C=O) groups excluding carboxylic acids is 3. The van der Waals surface area contributed by atoms with E-state index in [1.807, 2.05) is 0 Å². The van der Waals surface area contributed by atoms with Crippen molar-refractivity contribution >= 4 is 29.3 Å². The smallest absolute Gasteiger partial charge is 0.412 e. The first-order valence-corrected chi connectivity index (χ1v) is 26.0. The number of hydrogen-bond donors (Lipinski definition) is 7. The lowest BCUT2D eigenvalue weighted by Crippen LogP contribution is -2.65. The van der Waals surface area contributed by atoms with E-state index < -0.39 is 110 Å². The average molecular weight is 1030 g/mol. The Hall–Kier alpha value is -3.93. The lowest BCUT2D eigenvalue weighted by Gasteiger charge is -2.60. The van der Waals surface area contributed by atoms with Crippen molar-refractivity contribution in [2.24, 2.45) is 52.3 Å². The first-order chi connectivity index (χ1) is 34.8. The van der Waals surface area contributed by atoms with Crippen LogP contribution in [0.3, 0.4) is 0 Å². The summed E-state index contributed by atoms with van der Waals surface area (Å²) in [4.78, 5) is 40.4. The Morgan fingerprint density at radius 3 is 2.07 bits per heavy atom. The number of para-hydroxylation sites is 2. The predicted molar refractivity (Wildman–Crippen MR) is 252 cm³/mol. The SMILES string of the molecule is C[C@@H]1CC[C@@]2(OC1)OC1CC3C4CC[C@H]5C[C@@H](O[C@@H]6O[C@@H](CO)[C@@H](O[C@@H]7O[C@@H](COC(=O)Nc8ccccc8F)[C@@H](OC(=O)Nc8ccccc8F)[C@H](O)[C@@H]7O)[C@H](O)[C@@H]6O)CC[C@]5(C)C4C(=O)C[C@]3(C)C1[C@@H]2C. The Morgan fingerprint density at radius 2 is 1.41 bits per heavy atom. The minimum absolute atomic E-state index is 0.0725. The number of ether oxygens (including phenoxy) is 8. The zero-order valence-corrected chi connectivity index (χ0v) is 41.6. The molecule has 8 aliphatic rings. The van der Waals surface area contributed by atoms with Crippen LogP contribution < -0.4 is 10.6 Å². The van der Waals surface area contributed by atoms with Crippen LogP contribution in [0.15, 0.2) is 48.5 Å². The quantitative estimate of drug-likeness (QED) is 0.147. The number of carbonyl (C=O) groups is 3. The molecule has 402 valence electrons. The van der Waals surface area contributed by atoms with Gasteiger partial charge in [-0.25, -0.2) is 18.4 Å². The van der Waals surface area contributed by atoms with Gasteiger partial charge in [0.05, 0.1) is 36.8 Å². The second-order valence-corrected chi connectivity index (χ2v) is 22.7. The van der Waals surface area contributed by atoms with Crippen LogP contribution in [-0.2, 0) is 42.7 Å². The molecule has 0 radical (unpaired) electrons. The van der Waals surface area contributed by atoms with Gasteiger partial charge in [0, 0.05) is 24.7 Å². The van der Waals surface area contributed by atoms with Crippen molar-refractivity contribution in [3.8, 4) is 0 Å². The Kier molecular flexibility index (Phi) is 14.8. The van der Waals surface area contributed by atoms with Crippen LogP contribution in [0.2, 0.25) is 0 Å². The van der Waals surface area contributed by atoms with E-state index in [-0.39, 0.29) is 57.9 Å². The minimum Gasteiger partial charge on any atom is -0.446 e. The molecule has 4 aliphatic carbocycles. The molecule has 2 aromatic carbocycles. The molecule has 2 amide bonds. The van der Waals surface area contributed by atoms with E-state index >= 15 is 0 Å². The summed E-state index contributed by atoms with van der Waals surface area (Å²) in [6.07, 6.45) is -13.1. The van der Waals surface area contributed by atoms with Gasteiger partial charge in [-0.15, -0.1) is 0 Å². The number of hydrogen-bond acceptors (Lipinski definition) is 16. The molecule has 5 unspecified atom stereocenters. The minimum atomic E-state index is -2.04. The van der Waals surface area contributed by atoms with E-state index in [2.05, 4.69) is 38.3 Å². The zero-order chi connectivity index (χ0) is 51.7. The van der Waals surface area contributed by atoms with Crippen LogP contribution in [0.4, 0.5) is 29.7 Å². The molecule has 0 aromatic heterocycles. The fourth-order valence-electron chi connectivity index (χ4n) is 14.8. The van der Waals surface area contributed by atoms with E-state index in [0.29, 0.717) is 49.9 Å². The van der Waals surface area contributed by atoms with E-state index in [1.54, 1.807) is 0 Å². The molecule has 0 bridgehead atoms. The number of fused-ring (bicyclic) bond motifs is 7. The van der Waals surface area contributed by atoms with Crippen LogP contribution >= 0.6 is 0 Å². The summed E-state index contributed by atoms with van der Waals surface area (Å²) < 4.78 is 77.1. The summed E-state index contributed by atoms with van der Waals surface area (Å²) in [5, 5.41) is 60.8. The molecule has 2 aromatic rings. The number of benzene rings is 2. The van der Waals surface area contributed by atoms with Gasteiger partial charge < -0.3 is 63.4 Å². The average Bonchev–Trinajstić information content (AvgIpc) is 3.80. The highest BCUT2D eigenvalue weighted by Gasteiger charge is 2.71. The maximum atomic E-state index is 14.7. The molecule has 4 saturated heterocycles. The van der Waals surface area contributed by atoms with Crippen molar-refractivity contribution in [1.29, 1.82) is 0 Å². The molecular formula is C53H70F2N2O16. The number of halogens is 2. The van der Waals surface area contributed by atoms with Crippen LogP contribution in [0.5, 0.6) is 0 Å². The fraction of sp³-hybridized carbons (Fsp3) is 0.717. The number of anilines is 2. The van der Waals surface area contributed by atoms with Crippen LogP contribution in [0.25, 0.3) is 0 Å². The second kappa shape index (κ2) is 20.5. The summed E-state index contributed by atoms with van der Waals surface area (Å²) >= 11 is 0. The van der Waals surface area contributed by atoms with Crippen LogP contribution in [-0.4, -0.2) is 143 Å². The van der Waals surface area contributed by atoms with Gasteiger partial charge in [-0.2, -0.15) is 0 Å². The first kappa shape index (κ1) is 52.5. The molecule has 4 aliphatic heterocycles. The standard InChI is InChI=1S/C53H70F2N2O16/c1-25-15-18-53(67-23-25)26(2)39-36(73-53)20-30-29-14-13-27-19-28(16-17-51(27,3)40(29)35(59)21-52(30,39)4)68-47-43(62)41(60)45(37(22-58)69-47)71-48-44(63)42(61)46(72-50(65)57-34-12-8-6-10-32(34)55)38(70-48)24-66-49(64)56-33-11-7-5-9-31(33)54/h5-12,25-30,36-48,58,60-63H,13-24H2,1-4H3,(H,56,64)(H,57,65)/t25-,26+,27+,28+,29?,30?,36?,37+,38+,39?,40?,41-,42-,43+,44+,45-,46-,47-,48+,51+,52+,53-/m1/s1. The molecule has 20 heteroatoms. The van der Waals surface area contributed by atoms with E-state index in [4.69, 9.17) is 37.9 Å². The summed E-state index contributed by atoms with van der Waals surface area (Å²) in [6.45, 7) is 8.23. The molecule has 18 nitrogen and oxygen atoms in total. The van der Waals surface area contributed by atoms with Crippen LogP contribution in [0, 0.1) is 63.9 Å². The van der Waals surface area contributed by atoms with Gasteiger partial charge in [0.25, 0.3) is 0 Å². The van der Waals surface area contributed by atoms with E-state index in [1.165, 1.54) is 36.4 Å². The van der Waals surface area contributed by atoms with Crippen molar-refractivity contribution in [3.05, 3.63) is 60.2 Å². The van der Waals surface area contributed by atoms with Crippen molar-refractivity contribution in [3.63, 3.8) is 0 Å². The first-order valence-electron chi connectivity index (χ1n) is 26.0. The number of Topliss-reactive ketones (excluding diaryl/α,β-unsaturated/α-hetero) is 1. The molecule has 4 heterocycles. The van der Waals surface area contributed by atoms with Crippen molar-refractivity contribution in [2.75, 3.05) is 30.5 Å². The number of nitrogens with one attached hydrogen (secondary N) is 2. The Bertz CT molecular complexity index is 2340. The molecule has 1 spiro atoms. The number of ketones is 1. The number of aliphatic hydroxyl groups excluding tert-OH is 5. The van der Waals surface area contributed by atoms with Crippen molar-refractivity contribution < 1.29 is 86.6 Å². The third-order valence-corrected chi connectivity index (χ3v) is 18.5. The molecule has 4 saturated carbocycles. The molecule has 73 heavy (non-hydrogen) atoms.